The van der Waals surface area contributed by atoms with Gasteiger partial charge in [0.1, 0.15) is 5.78 Å². The van der Waals surface area contributed by atoms with E-state index < -0.39 is 10.0 Å². The molecule has 110 valence electrons. The number of sulfonamides is 1. The number of benzene rings is 1. The second kappa shape index (κ2) is 7.76. The van der Waals surface area contributed by atoms with Gasteiger partial charge in [0.25, 0.3) is 0 Å². The Morgan fingerprint density at radius 1 is 1.05 bits per heavy atom. The number of rotatable bonds is 8. The Balaban J connectivity index is 2.31. The molecule has 2 N–H and O–H groups in total. The second-order valence-electron chi connectivity index (χ2n) is 4.26. The van der Waals surface area contributed by atoms with Crippen LogP contribution in [0.5, 0.6) is 0 Å². The molecule has 0 aliphatic heterocycles. The minimum Gasteiger partial charge on any atom is -0.355 e. The summed E-state index contributed by atoms with van der Waals surface area (Å²) >= 11 is 0. The van der Waals surface area contributed by atoms with Crippen molar-refractivity contribution in [2.45, 2.75) is 24.7 Å². The molecule has 0 fully saturated rings. The third kappa shape index (κ3) is 5.94. The Bertz CT molecular complexity index is 555. The fourth-order valence-electron chi connectivity index (χ4n) is 1.45. The van der Waals surface area contributed by atoms with E-state index in [2.05, 4.69) is 10.0 Å². The van der Waals surface area contributed by atoms with Gasteiger partial charge in [0.05, 0.1) is 4.90 Å². The molecule has 1 amide bonds. The molecule has 1 aromatic carbocycles. The van der Waals surface area contributed by atoms with Crippen LogP contribution >= 0.6 is 0 Å². The molecule has 0 bridgehead atoms. The predicted molar refractivity (Wildman–Crippen MR) is 74.6 cm³/mol. The monoisotopic (exact) mass is 298 g/mol. The smallest absolute Gasteiger partial charge is 0.240 e. The van der Waals surface area contributed by atoms with Crippen molar-refractivity contribution in [3.05, 3.63) is 30.3 Å². The first kappa shape index (κ1) is 16.3. The number of nitrogens with one attached hydrogen (secondary N) is 2. The van der Waals surface area contributed by atoms with Crippen LogP contribution in [0.1, 0.15) is 19.8 Å². The highest BCUT2D eigenvalue weighted by Crippen LogP contribution is 2.06. The molecule has 0 aliphatic carbocycles. The highest BCUT2D eigenvalue weighted by Gasteiger charge is 2.12. The van der Waals surface area contributed by atoms with Crippen LogP contribution in [0.3, 0.4) is 0 Å². The summed E-state index contributed by atoms with van der Waals surface area (Å²) in [6, 6.07) is 7.99. The van der Waals surface area contributed by atoms with Crippen molar-refractivity contribution >= 4 is 21.7 Å². The van der Waals surface area contributed by atoms with Gasteiger partial charge in [0.15, 0.2) is 0 Å². The SMILES string of the molecule is CC(=O)CCC(=O)NCCNS(=O)(=O)c1ccccc1. The largest absolute Gasteiger partial charge is 0.355 e. The normalized spacial score (nSPS) is 11.1. The van der Waals surface area contributed by atoms with Crippen LogP contribution < -0.4 is 10.0 Å². The van der Waals surface area contributed by atoms with E-state index >= 15 is 0 Å². The minimum atomic E-state index is -3.54. The molecule has 0 saturated heterocycles. The van der Waals surface area contributed by atoms with E-state index in [9.17, 15) is 18.0 Å². The molecular weight excluding hydrogens is 280 g/mol. The zero-order valence-electron chi connectivity index (χ0n) is 11.3. The average molecular weight is 298 g/mol. The number of hydrogen-bond acceptors (Lipinski definition) is 4. The van der Waals surface area contributed by atoms with Gasteiger partial charge in [0.2, 0.25) is 15.9 Å². The summed E-state index contributed by atoms with van der Waals surface area (Å²) in [5, 5.41) is 2.54. The van der Waals surface area contributed by atoms with E-state index in [-0.39, 0.29) is 42.5 Å². The molecule has 6 nitrogen and oxygen atoms in total. The molecule has 7 heteroatoms. The lowest BCUT2D eigenvalue weighted by Crippen LogP contribution is -2.34. The van der Waals surface area contributed by atoms with Crippen molar-refractivity contribution in [2.24, 2.45) is 0 Å². The second-order valence-corrected chi connectivity index (χ2v) is 6.03. The van der Waals surface area contributed by atoms with Gasteiger partial charge in [-0.1, -0.05) is 18.2 Å². The fraction of sp³-hybridized carbons (Fsp3) is 0.385. The lowest BCUT2D eigenvalue weighted by Gasteiger charge is -2.07. The molecule has 0 saturated carbocycles. The van der Waals surface area contributed by atoms with Gasteiger partial charge in [-0.2, -0.15) is 0 Å². The van der Waals surface area contributed by atoms with Gasteiger partial charge in [0, 0.05) is 25.9 Å². The van der Waals surface area contributed by atoms with Crippen LogP contribution in [0.25, 0.3) is 0 Å². The van der Waals surface area contributed by atoms with Crippen molar-refractivity contribution in [3.63, 3.8) is 0 Å². The van der Waals surface area contributed by atoms with Crippen LogP contribution in [0.4, 0.5) is 0 Å². The molecular formula is C13H18N2O4S. The van der Waals surface area contributed by atoms with E-state index in [1.54, 1.807) is 18.2 Å². The Morgan fingerprint density at radius 2 is 1.70 bits per heavy atom. The summed E-state index contributed by atoms with van der Waals surface area (Å²) in [6.07, 6.45) is 0.322. The number of ketones is 1. The van der Waals surface area contributed by atoms with E-state index in [0.29, 0.717) is 0 Å². The van der Waals surface area contributed by atoms with Gasteiger partial charge in [-0.3, -0.25) is 4.79 Å². The summed E-state index contributed by atoms with van der Waals surface area (Å²) in [7, 11) is -3.54. The summed E-state index contributed by atoms with van der Waals surface area (Å²) in [5.74, 6) is -0.316. The highest BCUT2D eigenvalue weighted by atomic mass is 32.2. The Morgan fingerprint density at radius 3 is 2.30 bits per heavy atom. The van der Waals surface area contributed by atoms with Crippen molar-refractivity contribution in [1.29, 1.82) is 0 Å². The molecule has 0 atom stereocenters. The average Bonchev–Trinajstić information content (AvgIpc) is 2.42. The van der Waals surface area contributed by atoms with Crippen molar-refractivity contribution in [3.8, 4) is 0 Å². The number of Topliss-reactive ketones (excluding diaryl/α,β-unsaturated/α-hetero) is 1. The molecule has 0 radical (unpaired) electrons. The lowest BCUT2D eigenvalue weighted by atomic mass is 10.2. The van der Waals surface area contributed by atoms with Crippen molar-refractivity contribution in [2.75, 3.05) is 13.1 Å². The summed E-state index contributed by atoms with van der Waals surface area (Å²) in [6.45, 7) is 1.70. The maximum Gasteiger partial charge on any atom is 0.240 e. The van der Waals surface area contributed by atoms with E-state index in [1.165, 1.54) is 19.1 Å². The predicted octanol–water partition coefficient (Wildman–Crippen LogP) is 0.450. The first-order chi connectivity index (χ1) is 9.42. The van der Waals surface area contributed by atoms with E-state index in [1.807, 2.05) is 0 Å². The third-order valence-corrected chi connectivity index (χ3v) is 3.97. The number of amides is 1. The summed E-state index contributed by atoms with van der Waals surface area (Å²) in [4.78, 5) is 22.2. The molecule has 0 spiro atoms. The Kier molecular flexibility index (Phi) is 6.33. The topological polar surface area (TPSA) is 92.3 Å². The maximum atomic E-state index is 11.8. The van der Waals surface area contributed by atoms with E-state index in [4.69, 9.17) is 0 Å². The van der Waals surface area contributed by atoms with Gasteiger partial charge < -0.3 is 10.1 Å². The lowest BCUT2D eigenvalue weighted by molar-refractivity contribution is -0.124. The molecule has 0 aliphatic rings. The van der Waals surface area contributed by atoms with Crippen molar-refractivity contribution < 1.29 is 18.0 Å². The van der Waals surface area contributed by atoms with Crippen LogP contribution in [-0.4, -0.2) is 33.2 Å². The van der Waals surface area contributed by atoms with Gasteiger partial charge in [-0.25, -0.2) is 13.1 Å². The zero-order chi connectivity index (χ0) is 15.0. The number of carbonyl (C=O) groups excluding carboxylic acids is 2. The van der Waals surface area contributed by atoms with Crippen LogP contribution in [0.2, 0.25) is 0 Å². The van der Waals surface area contributed by atoms with E-state index in [0.717, 1.165) is 0 Å². The highest BCUT2D eigenvalue weighted by molar-refractivity contribution is 7.89. The number of hydrogen-bond donors (Lipinski definition) is 2. The van der Waals surface area contributed by atoms with Crippen LogP contribution in [0, 0.1) is 0 Å². The maximum absolute atomic E-state index is 11.8. The first-order valence-corrected chi connectivity index (χ1v) is 7.71. The molecule has 1 rings (SSSR count). The Hall–Kier alpha value is -1.73. The van der Waals surface area contributed by atoms with Gasteiger partial charge in [-0.15, -0.1) is 0 Å². The first-order valence-electron chi connectivity index (χ1n) is 6.22. The summed E-state index contributed by atoms with van der Waals surface area (Å²) in [5.41, 5.74) is 0. The van der Waals surface area contributed by atoms with Gasteiger partial charge >= 0.3 is 0 Å². The molecule has 0 aromatic heterocycles. The van der Waals surface area contributed by atoms with Crippen molar-refractivity contribution in [1.82, 2.24) is 10.0 Å². The molecule has 0 heterocycles. The van der Waals surface area contributed by atoms with Crippen LogP contribution in [-0.2, 0) is 19.6 Å². The third-order valence-electron chi connectivity index (χ3n) is 2.50. The fourth-order valence-corrected chi connectivity index (χ4v) is 2.50. The molecule has 1 aromatic rings. The van der Waals surface area contributed by atoms with Gasteiger partial charge in [-0.05, 0) is 19.1 Å². The standard InChI is InChI=1S/C13H18N2O4S/c1-11(16)7-8-13(17)14-9-10-15-20(18,19)12-5-3-2-4-6-12/h2-6,15H,7-10H2,1H3,(H,14,17). The summed E-state index contributed by atoms with van der Waals surface area (Å²) < 4.78 is 26.0. The molecule has 0 unspecified atom stereocenters. The number of carbonyl (C=O) groups is 2. The quantitative estimate of drug-likeness (QED) is 0.682. The minimum absolute atomic E-state index is 0.0510. The zero-order valence-corrected chi connectivity index (χ0v) is 12.1. The van der Waals surface area contributed by atoms with Crippen LogP contribution in [0.15, 0.2) is 35.2 Å². The molecule has 20 heavy (non-hydrogen) atoms. The Labute approximate surface area is 118 Å².